The molecular weight excluding hydrogens is 322 g/mol. The third-order valence-electron chi connectivity index (χ3n) is 2.90. The van der Waals surface area contributed by atoms with Gasteiger partial charge in [0.1, 0.15) is 5.82 Å². The molecule has 0 spiro atoms. The standard InChI is InChI=1S/C15H18ClN3O2S/c1-2-3-9-22(20,21)19-15-8-7-14(11-17-15)18-13-6-4-5-12(16)10-13/h4-8,10-11,18H,2-3,9H2,1H3,(H,17,19). The first-order chi connectivity index (χ1) is 10.5. The van der Waals surface area contributed by atoms with Crippen LogP contribution in [0.2, 0.25) is 5.02 Å². The van der Waals surface area contributed by atoms with Gasteiger partial charge in [-0.1, -0.05) is 31.0 Å². The number of anilines is 3. The first kappa shape index (κ1) is 16.6. The van der Waals surface area contributed by atoms with Gasteiger partial charge in [-0.05, 0) is 36.8 Å². The lowest BCUT2D eigenvalue weighted by atomic mass is 10.3. The van der Waals surface area contributed by atoms with E-state index < -0.39 is 10.0 Å². The molecule has 0 unspecified atom stereocenters. The van der Waals surface area contributed by atoms with Gasteiger partial charge in [0.05, 0.1) is 17.6 Å². The Bertz CT molecular complexity index is 718. The molecule has 22 heavy (non-hydrogen) atoms. The summed E-state index contributed by atoms with van der Waals surface area (Å²) < 4.78 is 26.0. The summed E-state index contributed by atoms with van der Waals surface area (Å²) in [7, 11) is -3.32. The molecule has 0 amide bonds. The molecule has 118 valence electrons. The maximum absolute atomic E-state index is 11.8. The van der Waals surface area contributed by atoms with Crippen molar-refractivity contribution in [2.45, 2.75) is 19.8 Å². The molecule has 0 fully saturated rings. The van der Waals surface area contributed by atoms with Crippen LogP contribution < -0.4 is 10.0 Å². The van der Waals surface area contributed by atoms with E-state index in [1.165, 1.54) is 0 Å². The van der Waals surface area contributed by atoms with E-state index in [-0.39, 0.29) is 5.75 Å². The van der Waals surface area contributed by atoms with Crippen molar-refractivity contribution >= 4 is 38.8 Å². The van der Waals surface area contributed by atoms with Gasteiger partial charge in [0.15, 0.2) is 0 Å². The van der Waals surface area contributed by atoms with Gasteiger partial charge >= 0.3 is 0 Å². The highest BCUT2D eigenvalue weighted by Crippen LogP contribution is 2.20. The molecular formula is C15H18ClN3O2S. The van der Waals surface area contributed by atoms with Crippen molar-refractivity contribution in [3.63, 3.8) is 0 Å². The van der Waals surface area contributed by atoms with Crippen molar-refractivity contribution < 1.29 is 8.42 Å². The highest BCUT2D eigenvalue weighted by atomic mass is 35.5. The van der Waals surface area contributed by atoms with Crippen LogP contribution in [-0.2, 0) is 10.0 Å². The highest BCUT2D eigenvalue weighted by molar-refractivity contribution is 7.92. The zero-order chi connectivity index (χ0) is 16.0. The molecule has 0 saturated heterocycles. The monoisotopic (exact) mass is 339 g/mol. The molecule has 2 N–H and O–H groups in total. The number of sulfonamides is 1. The molecule has 0 saturated carbocycles. The number of unbranched alkanes of at least 4 members (excludes halogenated alkanes) is 1. The third-order valence-corrected chi connectivity index (χ3v) is 4.48. The van der Waals surface area contributed by atoms with Crippen molar-refractivity contribution in [2.24, 2.45) is 0 Å². The first-order valence-corrected chi connectivity index (χ1v) is 9.00. The summed E-state index contributed by atoms with van der Waals surface area (Å²) in [5.74, 6) is 0.418. The highest BCUT2D eigenvalue weighted by Gasteiger charge is 2.10. The smallest absolute Gasteiger partial charge is 0.233 e. The van der Waals surface area contributed by atoms with E-state index >= 15 is 0 Å². The molecule has 2 aromatic rings. The maximum Gasteiger partial charge on any atom is 0.233 e. The Balaban J connectivity index is 2.01. The molecule has 0 bridgehead atoms. The largest absolute Gasteiger partial charge is 0.354 e. The Labute approximate surface area is 135 Å². The second-order valence-corrected chi connectivity index (χ2v) is 7.12. The van der Waals surface area contributed by atoms with Gasteiger partial charge in [-0.25, -0.2) is 13.4 Å². The second kappa shape index (κ2) is 7.47. The summed E-state index contributed by atoms with van der Waals surface area (Å²) in [6.07, 6.45) is 3.03. The van der Waals surface area contributed by atoms with Gasteiger partial charge in [0.2, 0.25) is 10.0 Å². The average molecular weight is 340 g/mol. The van der Waals surface area contributed by atoms with Crippen LogP contribution in [0.3, 0.4) is 0 Å². The van der Waals surface area contributed by atoms with Crippen LogP contribution in [0, 0.1) is 0 Å². The van der Waals surface area contributed by atoms with Crippen molar-refractivity contribution in [3.05, 3.63) is 47.6 Å². The van der Waals surface area contributed by atoms with Gasteiger partial charge in [0, 0.05) is 10.7 Å². The Kier molecular flexibility index (Phi) is 5.63. The van der Waals surface area contributed by atoms with Crippen LogP contribution in [0.1, 0.15) is 19.8 Å². The van der Waals surface area contributed by atoms with Crippen LogP contribution in [0.25, 0.3) is 0 Å². The molecule has 5 nitrogen and oxygen atoms in total. The molecule has 0 aliphatic heterocycles. The van der Waals surface area contributed by atoms with Crippen molar-refractivity contribution in [3.8, 4) is 0 Å². The van der Waals surface area contributed by atoms with Gasteiger partial charge < -0.3 is 5.32 Å². The Hall–Kier alpha value is -1.79. The zero-order valence-corrected chi connectivity index (χ0v) is 13.8. The molecule has 2 rings (SSSR count). The summed E-state index contributed by atoms with van der Waals surface area (Å²) in [5.41, 5.74) is 1.59. The van der Waals surface area contributed by atoms with E-state index in [1.54, 1.807) is 30.5 Å². The fraction of sp³-hybridized carbons (Fsp3) is 0.267. The number of rotatable bonds is 7. The van der Waals surface area contributed by atoms with Gasteiger partial charge in [-0.15, -0.1) is 0 Å². The van der Waals surface area contributed by atoms with Crippen LogP contribution >= 0.6 is 11.6 Å². The summed E-state index contributed by atoms with van der Waals surface area (Å²) in [5, 5.41) is 3.78. The molecule has 1 aromatic heterocycles. The average Bonchev–Trinajstić information content (AvgIpc) is 2.47. The summed E-state index contributed by atoms with van der Waals surface area (Å²) in [6.45, 7) is 1.95. The van der Waals surface area contributed by atoms with E-state index in [2.05, 4.69) is 15.0 Å². The topological polar surface area (TPSA) is 71.1 Å². The number of hydrogen-bond acceptors (Lipinski definition) is 4. The number of benzene rings is 1. The Morgan fingerprint density at radius 3 is 2.64 bits per heavy atom. The summed E-state index contributed by atoms with van der Waals surface area (Å²) in [6, 6.07) is 10.7. The molecule has 7 heteroatoms. The quantitative estimate of drug-likeness (QED) is 0.799. The SMILES string of the molecule is CCCCS(=O)(=O)Nc1ccc(Nc2cccc(Cl)c2)cn1. The van der Waals surface area contributed by atoms with Crippen molar-refractivity contribution in [2.75, 3.05) is 15.8 Å². The molecule has 0 radical (unpaired) electrons. The molecule has 0 aliphatic carbocycles. The molecule has 1 heterocycles. The van der Waals surface area contributed by atoms with Crippen LogP contribution in [0.4, 0.5) is 17.2 Å². The normalized spacial score (nSPS) is 11.2. The molecule has 0 atom stereocenters. The lowest BCUT2D eigenvalue weighted by Crippen LogP contribution is -2.17. The van der Waals surface area contributed by atoms with Gasteiger partial charge in [-0.2, -0.15) is 0 Å². The fourth-order valence-electron chi connectivity index (χ4n) is 1.81. The Morgan fingerprint density at radius 2 is 2.00 bits per heavy atom. The first-order valence-electron chi connectivity index (χ1n) is 6.97. The number of nitrogens with one attached hydrogen (secondary N) is 2. The van der Waals surface area contributed by atoms with Crippen molar-refractivity contribution in [1.82, 2.24) is 4.98 Å². The number of halogens is 1. The lowest BCUT2D eigenvalue weighted by Gasteiger charge is -2.09. The number of nitrogens with zero attached hydrogens (tertiary/aromatic N) is 1. The number of hydrogen-bond donors (Lipinski definition) is 2. The molecule has 1 aromatic carbocycles. The van der Waals surface area contributed by atoms with Gasteiger partial charge in [-0.3, -0.25) is 4.72 Å². The van der Waals surface area contributed by atoms with E-state index in [1.807, 2.05) is 19.1 Å². The van der Waals surface area contributed by atoms with Crippen LogP contribution in [0.5, 0.6) is 0 Å². The zero-order valence-electron chi connectivity index (χ0n) is 12.2. The second-order valence-electron chi connectivity index (χ2n) is 4.84. The van der Waals surface area contributed by atoms with E-state index in [9.17, 15) is 8.42 Å². The predicted molar refractivity (Wildman–Crippen MR) is 91.3 cm³/mol. The number of aromatic nitrogens is 1. The number of pyridine rings is 1. The third kappa shape index (κ3) is 5.20. The minimum Gasteiger partial charge on any atom is -0.354 e. The van der Waals surface area contributed by atoms with E-state index in [0.717, 1.165) is 17.8 Å². The van der Waals surface area contributed by atoms with Crippen LogP contribution in [0.15, 0.2) is 42.6 Å². The Morgan fingerprint density at radius 1 is 1.18 bits per heavy atom. The van der Waals surface area contributed by atoms with E-state index in [4.69, 9.17) is 11.6 Å². The predicted octanol–water partition coefficient (Wildman–Crippen LogP) is 4.02. The van der Waals surface area contributed by atoms with E-state index in [0.29, 0.717) is 17.3 Å². The minimum atomic E-state index is -3.32. The fourth-order valence-corrected chi connectivity index (χ4v) is 3.21. The maximum atomic E-state index is 11.8. The van der Waals surface area contributed by atoms with Crippen LogP contribution in [-0.4, -0.2) is 19.2 Å². The minimum absolute atomic E-state index is 0.105. The molecule has 0 aliphatic rings. The summed E-state index contributed by atoms with van der Waals surface area (Å²) >= 11 is 5.92. The van der Waals surface area contributed by atoms with Gasteiger partial charge in [0.25, 0.3) is 0 Å². The van der Waals surface area contributed by atoms with Crippen molar-refractivity contribution in [1.29, 1.82) is 0 Å². The lowest BCUT2D eigenvalue weighted by molar-refractivity contribution is 0.597. The summed E-state index contributed by atoms with van der Waals surface area (Å²) in [4.78, 5) is 4.10.